The number of hydrogen-bond donors (Lipinski definition) is 1. The fourth-order valence-corrected chi connectivity index (χ4v) is 3.28. The van der Waals surface area contributed by atoms with Crippen LogP contribution < -0.4 is 5.32 Å². The lowest BCUT2D eigenvalue weighted by Gasteiger charge is -2.24. The molecule has 1 atom stereocenters. The van der Waals surface area contributed by atoms with Crippen LogP contribution in [0.3, 0.4) is 0 Å². The molecule has 5 heteroatoms. The van der Waals surface area contributed by atoms with Gasteiger partial charge in [-0.3, -0.25) is 9.69 Å². The molecule has 1 aliphatic rings. The molecule has 1 N–H and O–H groups in total. The van der Waals surface area contributed by atoms with Crippen molar-refractivity contribution in [3.63, 3.8) is 0 Å². The van der Waals surface area contributed by atoms with Crippen molar-refractivity contribution in [2.45, 2.75) is 39.3 Å². The van der Waals surface area contributed by atoms with E-state index in [2.05, 4.69) is 5.32 Å². The van der Waals surface area contributed by atoms with Crippen LogP contribution in [0.4, 0.5) is 10.5 Å². The molecule has 1 fully saturated rings. The molecule has 1 saturated heterocycles. The van der Waals surface area contributed by atoms with E-state index in [4.69, 9.17) is 4.74 Å². The van der Waals surface area contributed by atoms with Gasteiger partial charge in [-0.15, -0.1) is 0 Å². The zero-order valence-electron chi connectivity index (χ0n) is 15.2. The Bertz CT molecular complexity index is 769. The summed E-state index contributed by atoms with van der Waals surface area (Å²) in [5, 5.41) is 2.99. The van der Waals surface area contributed by atoms with Crippen LogP contribution in [0.1, 0.15) is 29.5 Å². The van der Waals surface area contributed by atoms with E-state index in [9.17, 15) is 9.59 Å². The zero-order chi connectivity index (χ0) is 18.5. The Morgan fingerprint density at radius 1 is 1.08 bits per heavy atom. The van der Waals surface area contributed by atoms with Crippen molar-refractivity contribution >= 4 is 17.7 Å². The topological polar surface area (TPSA) is 58.6 Å². The van der Waals surface area contributed by atoms with Crippen LogP contribution in [0.5, 0.6) is 0 Å². The van der Waals surface area contributed by atoms with Crippen LogP contribution in [0.15, 0.2) is 48.5 Å². The molecule has 2 amide bonds. The van der Waals surface area contributed by atoms with Gasteiger partial charge in [0.2, 0.25) is 5.91 Å². The van der Waals surface area contributed by atoms with Crippen LogP contribution in [-0.2, 0) is 16.1 Å². The number of para-hydroxylation sites is 1. The highest BCUT2D eigenvalue weighted by atomic mass is 16.6. The summed E-state index contributed by atoms with van der Waals surface area (Å²) in [6.07, 6.45) is 1.01. The summed E-state index contributed by atoms with van der Waals surface area (Å²) < 4.78 is 5.40. The van der Waals surface area contributed by atoms with Crippen molar-refractivity contribution in [2.24, 2.45) is 0 Å². The Labute approximate surface area is 154 Å². The number of amides is 2. The Kier molecular flexibility index (Phi) is 5.56. The summed E-state index contributed by atoms with van der Waals surface area (Å²) in [6, 6.07) is 14.9. The first kappa shape index (κ1) is 18.0. The lowest BCUT2D eigenvalue weighted by Crippen LogP contribution is -2.43. The Hall–Kier alpha value is -2.82. The maximum atomic E-state index is 12.7. The average molecular weight is 352 g/mol. The first-order chi connectivity index (χ1) is 12.6. The van der Waals surface area contributed by atoms with Crippen LogP contribution in [0.2, 0.25) is 0 Å². The second-order valence-corrected chi connectivity index (χ2v) is 6.65. The van der Waals surface area contributed by atoms with E-state index in [-0.39, 0.29) is 12.5 Å². The number of likely N-dealkylation sites (tertiary alicyclic amines) is 1. The molecule has 1 aliphatic heterocycles. The zero-order valence-corrected chi connectivity index (χ0v) is 15.2. The highest BCUT2D eigenvalue weighted by Crippen LogP contribution is 2.24. The van der Waals surface area contributed by atoms with E-state index >= 15 is 0 Å². The molecule has 0 unspecified atom stereocenters. The van der Waals surface area contributed by atoms with E-state index in [1.165, 1.54) is 4.90 Å². The average Bonchev–Trinajstić information content (AvgIpc) is 3.13. The molecule has 0 aliphatic carbocycles. The van der Waals surface area contributed by atoms with Gasteiger partial charge in [-0.1, -0.05) is 48.5 Å². The molecule has 0 radical (unpaired) electrons. The lowest BCUT2D eigenvalue weighted by molar-refractivity contribution is -0.120. The lowest BCUT2D eigenvalue weighted by atomic mass is 10.1. The van der Waals surface area contributed by atoms with Gasteiger partial charge in [-0.25, -0.2) is 4.79 Å². The quantitative estimate of drug-likeness (QED) is 0.903. The van der Waals surface area contributed by atoms with Crippen LogP contribution >= 0.6 is 0 Å². The number of nitrogens with one attached hydrogen (secondary N) is 1. The van der Waals surface area contributed by atoms with Crippen LogP contribution in [-0.4, -0.2) is 29.5 Å². The van der Waals surface area contributed by atoms with Crippen molar-refractivity contribution in [1.82, 2.24) is 4.90 Å². The standard InChI is InChI=1S/C21H24N2O3/c1-15-8-6-9-16(2)19(15)22-20(24)18-12-7-13-23(18)21(25)26-14-17-10-4-3-5-11-17/h3-6,8-11,18H,7,12-14H2,1-2H3,(H,22,24)/t18-/m1/s1. The molecule has 2 aromatic carbocycles. The number of anilines is 1. The van der Waals surface area contributed by atoms with Gasteiger partial charge in [0.1, 0.15) is 12.6 Å². The summed E-state index contributed by atoms with van der Waals surface area (Å²) in [7, 11) is 0. The van der Waals surface area contributed by atoms with Gasteiger partial charge in [-0.05, 0) is 43.4 Å². The highest BCUT2D eigenvalue weighted by molar-refractivity contribution is 5.98. The monoisotopic (exact) mass is 352 g/mol. The van der Waals surface area contributed by atoms with Gasteiger partial charge in [0, 0.05) is 12.2 Å². The number of rotatable bonds is 4. The smallest absolute Gasteiger partial charge is 0.410 e. The predicted octanol–water partition coefficient (Wildman–Crippen LogP) is 4.04. The number of hydrogen-bond acceptors (Lipinski definition) is 3. The number of benzene rings is 2. The maximum absolute atomic E-state index is 12.7. The molecule has 5 nitrogen and oxygen atoms in total. The number of carbonyl (C=O) groups excluding carboxylic acids is 2. The summed E-state index contributed by atoms with van der Waals surface area (Å²) >= 11 is 0. The molecule has 1 heterocycles. The van der Waals surface area contributed by atoms with Crippen LogP contribution in [0.25, 0.3) is 0 Å². The summed E-state index contributed by atoms with van der Waals surface area (Å²) in [4.78, 5) is 26.7. The van der Waals surface area contributed by atoms with E-state index in [1.807, 2.05) is 62.4 Å². The number of aryl methyl sites for hydroxylation is 2. The minimum absolute atomic E-state index is 0.156. The van der Waals surface area contributed by atoms with E-state index < -0.39 is 12.1 Å². The molecule has 136 valence electrons. The molecular formula is C21H24N2O3. The van der Waals surface area contributed by atoms with Gasteiger partial charge in [0.15, 0.2) is 0 Å². The molecule has 0 spiro atoms. The number of carbonyl (C=O) groups is 2. The molecule has 0 saturated carbocycles. The van der Waals surface area contributed by atoms with Gasteiger partial charge in [0.25, 0.3) is 0 Å². The predicted molar refractivity (Wildman–Crippen MR) is 101 cm³/mol. The maximum Gasteiger partial charge on any atom is 0.410 e. The fraction of sp³-hybridized carbons (Fsp3) is 0.333. The van der Waals surface area contributed by atoms with Crippen molar-refractivity contribution in [3.05, 3.63) is 65.2 Å². The molecule has 2 aromatic rings. The summed E-state index contributed by atoms with van der Waals surface area (Å²) in [5.41, 5.74) is 3.77. The van der Waals surface area contributed by atoms with Crippen molar-refractivity contribution in [2.75, 3.05) is 11.9 Å². The highest BCUT2D eigenvalue weighted by Gasteiger charge is 2.35. The first-order valence-electron chi connectivity index (χ1n) is 8.90. The molecule has 26 heavy (non-hydrogen) atoms. The number of ether oxygens (including phenoxy) is 1. The minimum Gasteiger partial charge on any atom is -0.445 e. The summed E-state index contributed by atoms with van der Waals surface area (Å²) in [6.45, 7) is 4.67. The van der Waals surface area contributed by atoms with Gasteiger partial charge < -0.3 is 10.1 Å². The van der Waals surface area contributed by atoms with Gasteiger partial charge >= 0.3 is 6.09 Å². The SMILES string of the molecule is Cc1cccc(C)c1NC(=O)[C@H]1CCCN1C(=O)OCc1ccccc1. The summed E-state index contributed by atoms with van der Waals surface area (Å²) in [5.74, 6) is -0.156. The van der Waals surface area contributed by atoms with Crippen molar-refractivity contribution in [3.8, 4) is 0 Å². The molecule has 0 bridgehead atoms. The van der Waals surface area contributed by atoms with Gasteiger partial charge in [0.05, 0.1) is 0 Å². The third-order valence-electron chi connectivity index (χ3n) is 4.72. The van der Waals surface area contributed by atoms with E-state index in [0.717, 1.165) is 28.8 Å². The Morgan fingerprint density at radius 2 is 1.77 bits per heavy atom. The second kappa shape index (κ2) is 8.04. The second-order valence-electron chi connectivity index (χ2n) is 6.65. The third kappa shape index (κ3) is 4.04. The Morgan fingerprint density at radius 3 is 2.46 bits per heavy atom. The molecule has 0 aromatic heterocycles. The number of nitrogens with zero attached hydrogens (tertiary/aromatic N) is 1. The van der Waals surface area contributed by atoms with E-state index in [1.54, 1.807) is 0 Å². The normalized spacial score (nSPS) is 16.4. The van der Waals surface area contributed by atoms with E-state index in [0.29, 0.717) is 13.0 Å². The van der Waals surface area contributed by atoms with Crippen LogP contribution in [0, 0.1) is 13.8 Å². The first-order valence-corrected chi connectivity index (χ1v) is 8.90. The molecular weight excluding hydrogens is 328 g/mol. The molecule has 3 rings (SSSR count). The van der Waals surface area contributed by atoms with Crippen molar-refractivity contribution < 1.29 is 14.3 Å². The largest absolute Gasteiger partial charge is 0.445 e. The third-order valence-corrected chi connectivity index (χ3v) is 4.72. The minimum atomic E-state index is -0.489. The van der Waals surface area contributed by atoms with Crippen molar-refractivity contribution in [1.29, 1.82) is 0 Å². The Balaban J connectivity index is 1.63. The fourth-order valence-electron chi connectivity index (χ4n) is 3.28. The van der Waals surface area contributed by atoms with Gasteiger partial charge in [-0.2, -0.15) is 0 Å².